The van der Waals surface area contributed by atoms with Gasteiger partial charge in [-0.15, -0.1) is 0 Å². The molecule has 0 amide bonds. The summed E-state index contributed by atoms with van der Waals surface area (Å²) in [6.45, 7) is 4.58. The van der Waals surface area contributed by atoms with Crippen LogP contribution in [0.3, 0.4) is 0 Å². The van der Waals surface area contributed by atoms with Crippen LogP contribution in [0.4, 0.5) is 0 Å². The SMILES string of the molecule is CCC[CH2][Sn][CH2]CCC.SCCCCCCCCCCCCS.SCCCCCCCCCCCCS. The minimum atomic E-state index is 0.149. The minimum Gasteiger partial charge on any atom is -0.179 e. The van der Waals surface area contributed by atoms with E-state index in [1.165, 1.54) is 154 Å². The van der Waals surface area contributed by atoms with E-state index in [0.717, 1.165) is 23.0 Å². The van der Waals surface area contributed by atoms with E-state index >= 15 is 0 Å². The predicted molar refractivity (Wildman–Crippen MR) is 193 cm³/mol. The fourth-order valence-corrected chi connectivity index (χ4v) is 9.06. The van der Waals surface area contributed by atoms with Crippen LogP contribution in [0.5, 0.6) is 0 Å². The average Bonchev–Trinajstić information content (AvgIpc) is 2.91. The van der Waals surface area contributed by atoms with Crippen molar-refractivity contribution in [3.8, 4) is 0 Å². The maximum absolute atomic E-state index is 4.21. The molecule has 0 aliphatic heterocycles. The molecule has 0 aliphatic rings. The Kier molecular flexibility index (Phi) is 56.6. The third kappa shape index (κ3) is 54.9. The molecule has 0 rings (SSSR count). The van der Waals surface area contributed by atoms with Gasteiger partial charge in [-0.2, -0.15) is 50.5 Å². The van der Waals surface area contributed by atoms with Crippen molar-refractivity contribution in [1.29, 1.82) is 0 Å². The molecule has 0 aliphatic carbocycles. The summed E-state index contributed by atoms with van der Waals surface area (Å²) in [7, 11) is 0. The molecule has 0 atom stereocenters. The van der Waals surface area contributed by atoms with E-state index in [-0.39, 0.29) is 21.1 Å². The van der Waals surface area contributed by atoms with Crippen LogP contribution in [0.25, 0.3) is 0 Å². The zero-order valence-corrected chi connectivity index (χ0v) is 31.9. The monoisotopic (exact) mass is 702 g/mol. The first-order chi connectivity index (χ1) is 18.2. The molecule has 0 fully saturated rings. The van der Waals surface area contributed by atoms with Crippen molar-refractivity contribution < 1.29 is 0 Å². The van der Waals surface area contributed by atoms with E-state index in [2.05, 4.69) is 64.4 Å². The number of thiol groups is 4. The Hall–Kier alpha value is 2.20. The molecular weight excluding hydrogens is 631 g/mol. The first-order valence-electron chi connectivity index (χ1n) is 16.4. The zero-order chi connectivity index (χ0) is 27.9. The Bertz CT molecular complexity index is 278. The topological polar surface area (TPSA) is 0 Å². The average molecular weight is 702 g/mol. The van der Waals surface area contributed by atoms with Gasteiger partial charge in [-0.3, -0.25) is 0 Å². The molecule has 0 saturated heterocycles. The molecular formula is C32H70S4Sn. The Labute approximate surface area is 269 Å². The molecule has 226 valence electrons. The van der Waals surface area contributed by atoms with Crippen LogP contribution in [0.1, 0.15) is 168 Å². The van der Waals surface area contributed by atoms with E-state index < -0.39 is 0 Å². The van der Waals surface area contributed by atoms with Gasteiger partial charge in [0.05, 0.1) is 0 Å². The molecule has 0 N–H and O–H groups in total. The maximum Gasteiger partial charge on any atom is -0.00979 e. The van der Waals surface area contributed by atoms with E-state index in [1.54, 1.807) is 8.87 Å². The van der Waals surface area contributed by atoms with Gasteiger partial charge in [0, 0.05) is 0 Å². The Morgan fingerprint density at radius 3 is 0.649 bits per heavy atom. The number of hydrogen-bond acceptors (Lipinski definition) is 4. The van der Waals surface area contributed by atoms with Gasteiger partial charge in [0.15, 0.2) is 0 Å². The van der Waals surface area contributed by atoms with Crippen molar-refractivity contribution in [2.45, 2.75) is 177 Å². The second-order valence-corrected chi connectivity index (χ2v) is 16.5. The van der Waals surface area contributed by atoms with Gasteiger partial charge >= 0.3 is 69.5 Å². The molecule has 0 aromatic heterocycles. The van der Waals surface area contributed by atoms with E-state index in [9.17, 15) is 0 Å². The predicted octanol–water partition coefficient (Wildman–Crippen LogP) is 12.6. The fourth-order valence-electron chi connectivity index (χ4n) is 4.00. The zero-order valence-electron chi connectivity index (χ0n) is 25.5. The summed E-state index contributed by atoms with van der Waals surface area (Å²) in [4.78, 5) is 0. The van der Waals surface area contributed by atoms with Gasteiger partial charge in [-0.05, 0) is 48.7 Å². The minimum absolute atomic E-state index is 0.149. The Morgan fingerprint density at radius 1 is 0.297 bits per heavy atom. The summed E-state index contributed by atoms with van der Waals surface area (Å²) < 4.78 is 3.25. The quantitative estimate of drug-likeness (QED) is 0.0348. The Morgan fingerprint density at radius 2 is 0.486 bits per heavy atom. The van der Waals surface area contributed by atoms with Gasteiger partial charge in [-0.25, -0.2) is 0 Å². The molecule has 0 saturated carbocycles. The van der Waals surface area contributed by atoms with Gasteiger partial charge < -0.3 is 0 Å². The van der Waals surface area contributed by atoms with Crippen LogP contribution >= 0.6 is 50.5 Å². The molecule has 37 heavy (non-hydrogen) atoms. The summed E-state index contributed by atoms with van der Waals surface area (Å²) >= 11 is 17.0. The summed E-state index contributed by atoms with van der Waals surface area (Å²) in [6.07, 6.45) is 33.7. The van der Waals surface area contributed by atoms with Crippen molar-refractivity contribution >= 4 is 71.7 Å². The molecule has 0 aromatic carbocycles. The molecule has 0 bridgehead atoms. The summed E-state index contributed by atoms with van der Waals surface area (Å²) in [6, 6.07) is 0. The maximum atomic E-state index is 4.21. The van der Waals surface area contributed by atoms with Gasteiger partial charge in [0.1, 0.15) is 0 Å². The third-order valence-electron chi connectivity index (χ3n) is 6.55. The smallest absolute Gasteiger partial charge is 0.00979 e. The standard InChI is InChI=1S/2C12H26S2.2C4H9.Sn/c2*13-11-9-7-5-3-1-2-4-6-8-10-12-14;2*1-3-4-2;/h2*13-14H,1-12H2;2*1,3-4H2,2H3;. The van der Waals surface area contributed by atoms with Crippen molar-refractivity contribution in [3.05, 3.63) is 0 Å². The third-order valence-corrected chi connectivity index (χ3v) is 11.8. The molecule has 0 unspecified atom stereocenters. The van der Waals surface area contributed by atoms with Crippen LogP contribution in [0, 0.1) is 0 Å². The van der Waals surface area contributed by atoms with Crippen molar-refractivity contribution in [2.24, 2.45) is 0 Å². The molecule has 0 heterocycles. The van der Waals surface area contributed by atoms with Crippen LogP contribution in [-0.4, -0.2) is 44.2 Å². The molecule has 0 nitrogen and oxygen atoms in total. The second kappa shape index (κ2) is 48.0. The van der Waals surface area contributed by atoms with Crippen LogP contribution in [0.15, 0.2) is 0 Å². The molecule has 0 aromatic rings. The van der Waals surface area contributed by atoms with E-state index in [4.69, 9.17) is 0 Å². The van der Waals surface area contributed by atoms with Gasteiger partial charge in [0.2, 0.25) is 0 Å². The largest absolute Gasteiger partial charge is 0.179 e. The van der Waals surface area contributed by atoms with Crippen molar-refractivity contribution in [1.82, 2.24) is 0 Å². The van der Waals surface area contributed by atoms with Crippen molar-refractivity contribution in [2.75, 3.05) is 23.0 Å². The fraction of sp³-hybridized carbons (Fsp3) is 1.00. The first kappa shape index (κ1) is 43.6. The van der Waals surface area contributed by atoms with Crippen LogP contribution < -0.4 is 0 Å². The van der Waals surface area contributed by atoms with Gasteiger partial charge in [0.25, 0.3) is 0 Å². The normalized spacial score (nSPS) is 10.5. The molecule has 0 spiro atoms. The second-order valence-electron chi connectivity index (χ2n) is 10.4. The van der Waals surface area contributed by atoms with Gasteiger partial charge in [-0.1, -0.05) is 103 Å². The number of rotatable bonds is 28. The summed E-state index contributed by atoms with van der Waals surface area (Å²) in [5, 5.41) is 0. The summed E-state index contributed by atoms with van der Waals surface area (Å²) in [5.41, 5.74) is 0. The summed E-state index contributed by atoms with van der Waals surface area (Å²) in [5.74, 6) is 4.24. The number of hydrogen-bond donors (Lipinski definition) is 4. The van der Waals surface area contributed by atoms with Crippen LogP contribution in [0.2, 0.25) is 8.87 Å². The van der Waals surface area contributed by atoms with E-state index in [1.807, 2.05) is 0 Å². The van der Waals surface area contributed by atoms with Crippen LogP contribution in [-0.2, 0) is 0 Å². The van der Waals surface area contributed by atoms with Crippen molar-refractivity contribution in [3.63, 3.8) is 0 Å². The molecule has 5 heteroatoms. The molecule has 2 radical (unpaired) electrons. The first-order valence-corrected chi connectivity index (χ1v) is 23.0. The number of unbranched alkanes of at least 4 members (excludes halogenated alkanes) is 20. The Balaban J connectivity index is -0.000000481. The van der Waals surface area contributed by atoms with E-state index in [0.29, 0.717) is 0 Å².